The van der Waals surface area contributed by atoms with Gasteiger partial charge in [-0.25, -0.2) is 4.39 Å². The third-order valence-corrected chi connectivity index (χ3v) is 3.32. The molecule has 3 nitrogen and oxygen atoms in total. The predicted octanol–water partition coefficient (Wildman–Crippen LogP) is 3.43. The van der Waals surface area contributed by atoms with Crippen molar-refractivity contribution in [1.82, 2.24) is 4.98 Å². The molecule has 3 N–H and O–H groups in total. The molecular formula is C16H13FN2O. The lowest BCUT2D eigenvalue weighted by Gasteiger charge is -2.03. The zero-order chi connectivity index (χ0) is 14.3. The summed E-state index contributed by atoms with van der Waals surface area (Å²) in [4.78, 5) is 15.5. The van der Waals surface area contributed by atoms with Crippen molar-refractivity contribution in [2.45, 2.75) is 6.92 Å². The maximum Gasteiger partial charge on any atom is 0.198 e. The van der Waals surface area contributed by atoms with E-state index in [1.807, 2.05) is 25.1 Å². The van der Waals surface area contributed by atoms with E-state index < -0.39 is 5.82 Å². The summed E-state index contributed by atoms with van der Waals surface area (Å²) >= 11 is 0. The van der Waals surface area contributed by atoms with E-state index in [0.717, 1.165) is 22.5 Å². The van der Waals surface area contributed by atoms with Crippen LogP contribution in [0.25, 0.3) is 10.9 Å². The maximum absolute atomic E-state index is 13.8. The average molecular weight is 268 g/mol. The van der Waals surface area contributed by atoms with Gasteiger partial charge in [-0.05, 0) is 36.8 Å². The molecule has 0 fully saturated rings. The monoisotopic (exact) mass is 268 g/mol. The lowest BCUT2D eigenvalue weighted by Crippen LogP contribution is -2.04. The van der Waals surface area contributed by atoms with E-state index in [0.29, 0.717) is 11.3 Å². The minimum atomic E-state index is -0.600. The summed E-state index contributed by atoms with van der Waals surface area (Å²) < 4.78 is 13.8. The van der Waals surface area contributed by atoms with Gasteiger partial charge in [0.25, 0.3) is 0 Å². The van der Waals surface area contributed by atoms with Crippen molar-refractivity contribution in [3.63, 3.8) is 0 Å². The molecule has 0 amide bonds. The number of nitrogen functional groups attached to an aromatic ring is 1. The summed E-state index contributed by atoms with van der Waals surface area (Å²) in [5, 5.41) is 0.789. The predicted molar refractivity (Wildman–Crippen MR) is 77.3 cm³/mol. The van der Waals surface area contributed by atoms with Crippen LogP contribution in [0.1, 0.15) is 21.5 Å². The zero-order valence-corrected chi connectivity index (χ0v) is 10.9. The molecule has 1 aromatic heterocycles. The van der Waals surface area contributed by atoms with Gasteiger partial charge in [0.15, 0.2) is 5.78 Å². The van der Waals surface area contributed by atoms with Crippen molar-refractivity contribution in [2.75, 3.05) is 5.73 Å². The Morgan fingerprint density at radius 3 is 2.70 bits per heavy atom. The van der Waals surface area contributed by atoms with Crippen molar-refractivity contribution in [2.24, 2.45) is 0 Å². The maximum atomic E-state index is 13.8. The zero-order valence-electron chi connectivity index (χ0n) is 10.9. The highest BCUT2D eigenvalue weighted by atomic mass is 19.1. The van der Waals surface area contributed by atoms with Gasteiger partial charge in [0.05, 0.1) is 5.56 Å². The largest absolute Gasteiger partial charge is 0.399 e. The third-order valence-electron chi connectivity index (χ3n) is 3.32. The number of nitrogens with one attached hydrogen (secondary N) is 1. The van der Waals surface area contributed by atoms with E-state index in [1.54, 1.807) is 6.20 Å². The van der Waals surface area contributed by atoms with Crippen molar-refractivity contribution < 1.29 is 9.18 Å². The molecule has 0 spiro atoms. The van der Waals surface area contributed by atoms with Gasteiger partial charge in [0.1, 0.15) is 5.82 Å². The van der Waals surface area contributed by atoms with Crippen LogP contribution in [-0.2, 0) is 0 Å². The lowest BCUT2D eigenvalue weighted by molar-refractivity contribution is 0.103. The number of aromatic amines is 1. The quantitative estimate of drug-likeness (QED) is 0.552. The van der Waals surface area contributed by atoms with Crippen LogP contribution >= 0.6 is 0 Å². The topological polar surface area (TPSA) is 58.9 Å². The second-order valence-electron chi connectivity index (χ2n) is 4.82. The molecule has 2 aromatic carbocycles. The summed E-state index contributed by atoms with van der Waals surface area (Å²) in [5.41, 5.74) is 8.25. The Balaban J connectivity index is 2.13. The smallest absolute Gasteiger partial charge is 0.198 e. The number of nitrogens with two attached hydrogens (primary N) is 1. The number of fused-ring (bicyclic) bond motifs is 1. The molecule has 0 bridgehead atoms. The molecule has 3 rings (SSSR count). The summed E-state index contributed by atoms with van der Waals surface area (Å²) in [7, 11) is 0. The Morgan fingerprint density at radius 1 is 1.15 bits per heavy atom. The van der Waals surface area contributed by atoms with Crippen LogP contribution in [0.15, 0.2) is 42.6 Å². The highest BCUT2D eigenvalue weighted by Crippen LogP contribution is 2.23. The SMILES string of the molecule is Cc1ccc2c(C(=O)c3ccc(N)cc3F)c[nH]c2c1. The number of H-pyrrole nitrogens is 1. The van der Waals surface area contributed by atoms with Gasteiger partial charge >= 0.3 is 0 Å². The Kier molecular flexibility index (Phi) is 2.79. The number of hydrogen-bond donors (Lipinski definition) is 2. The first-order chi connectivity index (χ1) is 9.56. The van der Waals surface area contributed by atoms with E-state index in [2.05, 4.69) is 4.98 Å². The van der Waals surface area contributed by atoms with Crippen LogP contribution in [0, 0.1) is 12.7 Å². The molecule has 0 aliphatic carbocycles. The van der Waals surface area contributed by atoms with E-state index in [4.69, 9.17) is 5.73 Å². The minimum absolute atomic E-state index is 0.0284. The van der Waals surface area contributed by atoms with Gasteiger partial charge in [-0.15, -0.1) is 0 Å². The minimum Gasteiger partial charge on any atom is -0.399 e. The van der Waals surface area contributed by atoms with Crippen molar-refractivity contribution in [3.8, 4) is 0 Å². The molecule has 0 aliphatic heterocycles. The second-order valence-corrected chi connectivity index (χ2v) is 4.82. The van der Waals surface area contributed by atoms with Gasteiger partial charge in [-0.1, -0.05) is 12.1 Å². The standard InChI is InChI=1S/C16H13FN2O/c1-9-2-4-11-13(8-19-15(11)6-9)16(20)12-5-3-10(18)7-14(12)17/h2-8,19H,18H2,1H3. The molecular weight excluding hydrogens is 255 g/mol. The number of aromatic nitrogens is 1. The fourth-order valence-corrected chi connectivity index (χ4v) is 2.29. The lowest BCUT2D eigenvalue weighted by atomic mass is 10.0. The molecule has 100 valence electrons. The van der Waals surface area contributed by atoms with E-state index in [9.17, 15) is 9.18 Å². The number of ketones is 1. The van der Waals surface area contributed by atoms with Crippen LogP contribution in [0.4, 0.5) is 10.1 Å². The number of carbonyl (C=O) groups excluding carboxylic acids is 1. The van der Waals surface area contributed by atoms with Crippen LogP contribution < -0.4 is 5.73 Å². The summed E-state index contributed by atoms with van der Waals surface area (Å²) in [5.74, 6) is -0.950. The molecule has 0 atom stereocenters. The van der Waals surface area contributed by atoms with Crippen LogP contribution in [-0.4, -0.2) is 10.8 Å². The number of carbonyl (C=O) groups is 1. The number of aryl methyl sites for hydroxylation is 1. The average Bonchev–Trinajstić information content (AvgIpc) is 2.80. The van der Waals surface area contributed by atoms with Gasteiger partial charge < -0.3 is 10.7 Å². The molecule has 0 aliphatic rings. The Labute approximate surface area is 115 Å². The fourth-order valence-electron chi connectivity index (χ4n) is 2.29. The Bertz CT molecular complexity index is 820. The summed E-state index contributed by atoms with van der Waals surface area (Å²) in [6.07, 6.45) is 1.61. The Hall–Kier alpha value is -2.62. The van der Waals surface area contributed by atoms with Crippen molar-refractivity contribution in [3.05, 3.63) is 65.1 Å². The normalized spacial score (nSPS) is 10.9. The van der Waals surface area contributed by atoms with Crippen molar-refractivity contribution in [1.29, 1.82) is 0 Å². The first kappa shape index (κ1) is 12.4. The van der Waals surface area contributed by atoms with Gasteiger partial charge in [-0.3, -0.25) is 4.79 Å². The van der Waals surface area contributed by atoms with Gasteiger partial charge in [0.2, 0.25) is 0 Å². The molecule has 20 heavy (non-hydrogen) atoms. The number of anilines is 1. The Morgan fingerprint density at radius 2 is 1.95 bits per heavy atom. The third kappa shape index (κ3) is 1.95. The molecule has 4 heteroatoms. The molecule has 0 unspecified atom stereocenters. The van der Waals surface area contributed by atoms with Crippen LogP contribution in [0.2, 0.25) is 0 Å². The van der Waals surface area contributed by atoms with E-state index >= 15 is 0 Å². The van der Waals surface area contributed by atoms with E-state index in [-0.39, 0.29) is 11.3 Å². The molecule has 3 aromatic rings. The molecule has 0 saturated heterocycles. The second kappa shape index (κ2) is 4.49. The molecule has 1 heterocycles. The number of halogens is 1. The first-order valence-electron chi connectivity index (χ1n) is 6.24. The van der Waals surface area contributed by atoms with Gasteiger partial charge in [-0.2, -0.15) is 0 Å². The number of hydrogen-bond acceptors (Lipinski definition) is 2. The molecule has 0 saturated carbocycles. The number of benzene rings is 2. The van der Waals surface area contributed by atoms with Gasteiger partial charge in [0, 0.05) is 28.4 Å². The number of rotatable bonds is 2. The highest BCUT2D eigenvalue weighted by molar-refractivity contribution is 6.16. The van der Waals surface area contributed by atoms with Crippen molar-refractivity contribution >= 4 is 22.4 Å². The first-order valence-corrected chi connectivity index (χ1v) is 6.24. The van der Waals surface area contributed by atoms with Crippen LogP contribution in [0.3, 0.4) is 0 Å². The molecule has 0 radical (unpaired) electrons. The van der Waals surface area contributed by atoms with Crippen LogP contribution in [0.5, 0.6) is 0 Å². The highest BCUT2D eigenvalue weighted by Gasteiger charge is 2.17. The summed E-state index contributed by atoms with van der Waals surface area (Å²) in [6, 6.07) is 9.84. The fraction of sp³-hybridized carbons (Fsp3) is 0.0625. The van der Waals surface area contributed by atoms with E-state index in [1.165, 1.54) is 12.1 Å². The summed E-state index contributed by atoms with van der Waals surface area (Å²) in [6.45, 7) is 1.97.